The molecule has 0 radical (unpaired) electrons. The van der Waals surface area contributed by atoms with Crippen LogP contribution >= 0.6 is 15.9 Å². The van der Waals surface area contributed by atoms with Gasteiger partial charge in [-0.2, -0.15) is 0 Å². The third kappa shape index (κ3) is 5.30. The summed E-state index contributed by atoms with van der Waals surface area (Å²) < 4.78 is 6.84. The fourth-order valence-electron chi connectivity index (χ4n) is 4.96. The van der Waals surface area contributed by atoms with Crippen LogP contribution in [-0.2, 0) is 4.74 Å². The van der Waals surface area contributed by atoms with Gasteiger partial charge in [0.1, 0.15) is 11.4 Å². The molecule has 0 saturated carbocycles. The average molecular weight is 567 g/mol. The summed E-state index contributed by atoms with van der Waals surface area (Å²) in [6.45, 7) is 10.1. The average Bonchev–Trinajstić information content (AvgIpc) is 3.28. The van der Waals surface area contributed by atoms with Crippen molar-refractivity contribution in [2.45, 2.75) is 46.0 Å². The number of H-pyrrole nitrogens is 2. The quantitative estimate of drug-likeness (QED) is 0.260. The molecule has 0 unspecified atom stereocenters. The number of rotatable bonds is 6. The number of pyridine rings is 1. The van der Waals surface area contributed by atoms with Crippen LogP contribution in [0.15, 0.2) is 51.9 Å². The normalized spacial score (nSPS) is 18.8. The Hall–Kier alpha value is -3.14. The summed E-state index contributed by atoms with van der Waals surface area (Å²) in [5.41, 5.74) is 6.47. The van der Waals surface area contributed by atoms with Crippen LogP contribution in [0.25, 0.3) is 22.4 Å². The second kappa shape index (κ2) is 10.3. The van der Waals surface area contributed by atoms with E-state index < -0.39 is 6.10 Å². The summed E-state index contributed by atoms with van der Waals surface area (Å²) in [5.74, 6) is 0.482. The lowest BCUT2D eigenvalue weighted by atomic mass is 10.1. The summed E-state index contributed by atoms with van der Waals surface area (Å²) in [5, 5.41) is 14.0. The maximum absolute atomic E-state index is 12.9. The molecule has 4 N–H and O–H groups in total. The van der Waals surface area contributed by atoms with Crippen molar-refractivity contribution in [2.75, 3.05) is 29.9 Å². The molecule has 2 aromatic heterocycles. The minimum Gasteiger partial charge on any atom is -0.387 e. The van der Waals surface area contributed by atoms with Gasteiger partial charge in [-0.15, -0.1) is 0 Å². The van der Waals surface area contributed by atoms with E-state index in [2.05, 4.69) is 62.1 Å². The first-order valence-corrected chi connectivity index (χ1v) is 13.3. The maximum atomic E-state index is 12.9. The van der Waals surface area contributed by atoms with Crippen LogP contribution in [0, 0.1) is 13.8 Å². The lowest BCUT2D eigenvalue weighted by Crippen LogP contribution is -2.45. The van der Waals surface area contributed by atoms with Crippen molar-refractivity contribution in [3.8, 4) is 11.4 Å². The van der Waals surface area contributed by atoms with Gasteiger partial charge in [0.2, 0.25) is 0 Å². The molecule has 1 saturated heterocycles. The molecule has 9 heteroatoms. The van der Waals surface area contributed by atoms with Gasteiger partial charge in [0.25, 0.3) is 5.56 Å². The number of benzene rings is 2. The number of anilines is 2. The van der Waals surface area contributed by atoms with Gasteiger partial charge in [-0.25, -0.2) is 4.98 Å². The molecule has 0 spiro atoms. The number of halogens is 1. The first-order valence-electron chi connectivity index (χ1n) is 12.5. The monoisotopic (exact) mass is 565 g/mol. The van der Waals surface area contributed by atoms with Crippen LogP contribution in [0.3, 0.4) is 0 Å². The highest BCUT2D eigenvalue weighted by molar-refractivity contribution is 9.10. The zero-order valence-electron chi connectivity index (χ0n) is 21.4. The van der Waals surface area contributed by atoms with Crippen molar-refractivity contribution < 1.29 is 9.84 Å². The van der Waals surface area contributed by atoms with Gasteiger partial charge in [-0.05, 0) is 68.7 Å². The van der Waals surface area contributed by atoms with Crippen molar-refractivity contribution in [1.29, 1.82) is 0 Å². The zero-order chi connectivity index (χ0) is 26.3. The van der Waals surface area contributed by atoms with Crippen molar-refractivity contribution in [3.05, 3.63) is 74.1 Å². The number of fused-ring (bicyclic) bond motifs is 1. The summed E-state index contributed by atoms with van der Waals surface area (Å²) in [4.78, 5) is 26.2. The Morgan fingerprint density at radius 3 is 2.65 bits per heavy atom. The first kappa shape index (κ1) is 25.5. The number of nitrogens with zero attached hydrogens (tertiary/aromatic N) is 2. The molecular weight excluding hydrogens is 534 g/mol. The van der Waals surface area contributed by atoms with Crippen LogP contribution in [0.4, 0.5) is 11.4 Å². The third-order valence-corrected chi connectivity index (χ3v) is 7.67. The van der Waals surface area contributed by atoms with Crippen LogP contribution in [-0.4, -0.2) is 51.9 Å². The number of aliphatic hydroxyl groups is 1. The van der Waals surface area contributed by atoms with Crippen molar-refractivity contribution in [3.63, 3.8) is 0 Å². The van der Waals surface area contributed by atoms with E-state index >= 15 is 0 Å². The van der Waals surface area contributed by atoms with Crippen LogP contribution in [0.2, 0.25) is 0 Å². The molecule has 2 aromatic carbocycles. The van der Waals surface area contributed by atoms with E-state index in [0.29, 0.717) is 17.1 Å². The summed E-state index contributed by atoms with van der Waals surface area (Å²) in [6, 6.07) is 11.8. The van der Waals surface area contributed by atoms with E-state index in [0.717, 1.165) is 51.0 Å². The number of aromatic amines is 2. The Labute approximate surface area is 224 Å². The number of aliphatic hydroxyl groups excluding tert-OH is 1. The van der Waals surface area contributed by atoms with E-state index in [1.807, 2.05) is 32.0 Å². The molecule has 1 aliphatic heterocycles. The standard InChI is InChI=1S/C28H32BrN5O3/c1-15-5-6-19(10-21(15)29)24(35)12-31-22-7-8-30-28(36)25(22)27-32-23-11-20(9-16(2)26(23)33-27)34-13-17(3)37-18(4)14-34/h5-11,17-18,24,35H,12-14H2,1-4H3,(H,32,33)(H2,30,31,36)/t17-,18+,24-/m1/s1. The highest BCUT2D eigenvalue weighted by atomic mass is 79.9. The van der Waals surface area contributed by atoms with E-state index in [1.54, 1.807) is 12.3 Å². The summed E-state index contributed by atoms with van der Waals surface area (Å²) in [7, 11) is 0. The highest BCUT2D eigenvalue weighted by Gasteiger charge is 2.24. The van der Waals surface area contributed by atoms with Crippen LogP contribution < -0.4 is 15.8 Å². The van der Waals surface area contributed by atoms with E-state index in [1.165, 1.54) is 0 Å². The van der Waals surface area contributed by atoms with Gasteiger partial charge in [0, 0.05) is 36.0 Å². The molecule has 3 heterocycles. The summed E-state index contributed by atoms with van der Waals surface area (Å²) >= 11 is 3.52. The fourth-order valence-corrected chi connectivity index (χ4v) is 5.36. The Bertz CT molecular complexity index is 1490. The molecule has 8 nitrogen and oxygen atoms in total. The van der Waals surface area contributed by atoms with Gasteiger partial charge >= 0.3 is 0 Å². The largest absolute Gasteiger partial charge is 0.387 e. The second-order valence-electron chi connectivity index (χ2n) is 9.91. The number of aromatic nitrogens is 3. The molecular formula is C28H32BrN5O3. The fraction of sp³-hybridized carbons (Fsp3) is 0.357. The van der Waals surface area contributed by atoms with Gasteiger partial charge in [0.05, 0.1) is 35.0 Å². The zero-order valence-corrected chi connectivity index (χ0v) is 23.0. The molecule has 0 amide bonds. The van der Waals surface area contributed by atoms with Gasteiger partial charge in [-0.3, -0.25) is 4.79 Å². The lowest BCUT2D eigenvalue weighted by molar-refractivity contribution is -0.00521. The third-order valence-electron chi connectivity index (χ3n) is 6.81. The minimum atomic E-state index is -0.747. The molecule has 3 atom stereocenters. The maximum Gasteiger partial charge on any atom is 0.261 e. The number of aryl methyl sites for hydroxylation is 2. The number of morpholine rings is 1. The molecule has 0 bridgehead atoms. The number of nitrogens with one attached hydrogen (secondary N) is 3. The Kier molecular flexibility index (Phi) is 7.11. The molecule has 5 rings (SSSR count). The van der Waals surface area contributed by atoms with Crippen molar-refractivity contribution >= 4 is 38.3 Å². The SMILES string of the molecule is Cc1ccc([C@H](O)CNc2cc[nH]c(=O)c2-c2nc3c(C)cc(N4C[C@@H](C)O[C@@H](C)C4)cc3[nH]2)cc1Br. The topological polar surface area (TPSA) is 106 Å². The Balaban J connectivity index is 1.44. The number of hydrogen-bond acceptors (Lipinski definition) is 6. The van der Waals surface area contributed by atoms with Gasteiger partial charge in [0.15, 0.2) is 0 Å². The molecule has 1 fully saturated rings. The summed E-state index contributed by atoms with van der Waals surface area (Å²) in [6.07, 6.45) is 1.16. The van der Waals surface area contributed by atoms with Crippen LogP contribution in [0.5, 0.6) is 0 Å². The van der Waals surface area contributed by atoms with E-state index in [9.17, 15) is 9.90 Å². The van der Waals surface area contributed by atoms with Gasteiger partial charge in [-0.1, -0.05) is 28.1 Å². The predicted octanol–water partition coefficient (Wildman–Crippen LogP) is 5.06. The molecule has 1 aliphatic rings. The number of ether oxygens (including phenoxy) is 1. The molecule has 0 aliphatic carbocycles. The number of imidazole rings is 1. The minimum absolute atomic E-state index is 0.157. The molecule has 194 valence electrons. The van der Waals surface area contributed by atoms with E-state index in [4.69, 9.17) is 9.72 Å². The Morgan fingerprint density at radius 1 is 1.16 bits per heavy atom. The lowest BCUT2D eigenvalue weighted by Gasteiger charge is -2.37. The molecule has 4 aromatic rings. The Morgan fingerprint density at radius 2 is 1.92 bits per heavy atom. The van der Waals surface area contributed by atoms with Crippen molar-refractivity contribution in [2.24, 2.45) is 0 Å². The smallest absolute Gasteiger partial charge is 0.261 e. The predicted molar refractivity (Wildman–Crippen MR) is 151 cm³/mol. The highest BCUT2D eigenvalue weighted by Crippen LogP contribution is 2.31. The van der Waals surface area contributed by atoms with Crippen molar-refractivity contribution in [1.82, 2.24) is 15.0 Å². The van der Waals surface area contributed by atoms with E-state index in [-0.39, 0.29) is 24.3 Å². The second-order valence-corrected chi connectivity index (χ2v) is 10.8. The number of hydrogen-bond donors (Lipinski definition) is 4. The molecule has 37 heavy (non-hydrogen) atoms. The first-order chi connectivity index (χ1) is 17.7. The van der Waals surface area contributed by atoms with Gasteiger partial charge < -0.3 is 30.0 Å². The van der Waals surface area contributed by atoms with Crippen LogP contribution in [0.1, 0.15) is 36.6 Å².